The Morgan fingerprint density at radius 3 is 2.70 bits per heavy atom. The van der Waals surface area contributed by atoms with Gasteiger partial charge in [0.15, 0.2) is 0 Å². The maximum Gasteiger partial charge on any atom is 0.233 e. The van der Waals surface area contributed by atoms with Crippen molar-refractivity contribution < 1.29 is 28.5 Å². The molecule has 0 aliphatic heterocycles. The third-order valence-electron chi connectivity index (χ3n) is 5.71. The lowest BCUT2D eigenvalue weighted by atomic mass is 9.89. The maximum absolute atomic E-state index is 11.5. The largest absolute Gasteiger partial charge is 0.393 e. The number of carbonyl (C=O) groups excluding carboxylic acids is 1. The first-order valence-electron chi connectivity index (χ1n) is 11.1. The Morgan fingerprint density at radius 2 is 2.06 bits per heavy atom. The number of sulfonamides is 1. The van der Waals surface area contributed by atoms with Gasteiger partial charge in [0.2, 0.25) is 15.9 Å². The number of thiophene rings is 1. The van der Waals surface area contributed by atoms with Crippen LogP contribution in [-0.4, -0.2) is 54.2 Å². The number of aliphatic hydroxyl groups is 3. The van der Waals surface area contributed by atoms with Crippen molar-refractivity contribution in [3.8, 4) is 0 Å². The van der Waals surface area contributed by atoms with Gasteiger partial charge in [-0.1, -0.05) is 35.9 Å². The molecule has 2 rings (SSSR count). The van der Waals surface area contributed by atoms with Gasteiger partial charge in [-0.15, -0.1) is 11.3 Å². The van der Waals surface area contributed by atoms with Crippen molar-refractivity contribution in [1.82, 2.24) is 4.72 Å². The number of unbranched alkanes of at least 4 members (excludes halogenated alkanes) is 1. The fourth-order valence-electron chi connectivity index (χ4n) is 4.00. The number of carbonyl (C=O) groups is 1. The zero-order valence-electron chi connectivity index (χ0n) is 19.0. The van der Waals surface area contributed by atoms with Gasteiger partial charge in [0.25, 0.3) is 0 Å². The number of nitrogens with one attached hydrogen (secondary N) is 1. The molecule has 5 atom stereocenters. The molecule has 1 aromatic heterocycles. The molecule has 0 saturated heterocycles. The predicted octanol–water partition coefficient (Wildman–Crippen LogP) is 3.11. The van der Waals surface area contributed by atoms with Crippen LogP contribution in [0, 0.1) is 18.8 Å². The molecular formula is C23H34ClNO6S2. The van der Waals surface area contributed by atoms with Crippen LogP contribution in [0.15, 0.2) is 30.4 Å². The molecule has 10 heteroatoms. The smallest absolute Gasteiger partial charge is 0.233 e. The molecule has 0 spiro atoms. The Kier molecular flexibility index (Phi) is 11.0. The van der Waals surface area contributed by atoms with E-state index in [0.29, 0.717) is 38.5 Å². The minimum atomic E-state index is -3.53. The highest BCUT2D eigenvalue weighted by molar-refractivity contribution is 7.89. The van der Waals surface area contributed by atoms with Gasteiger partial charge in [-0.2, -0.15) is 0 Å². The molecule has 1 aliphatic carbocycles. The topological polar surface area (TPSA) is 124 Å². The summed E-state index contributed by atoms with van der Waals surface area (Å²) in [5.41, 5.74) is 0. The van der Waals surface area contributed by atoms with Gasteiger partial charge in [-0.05, 0) is 51.0 Å². The molecule has 1 aromatic rings. The van der Waals surface area contributed by atoms with Crippen molar-refractivity contribution in [2.45, 2.75) is 70.2 Å². The second-order valence-corrected chi connectivity index (χ2v) is 12.1. The second-order valence-electron chi connectivity index (χ2n) is 8.62. The number of amides is 1. The minimum Gasteiger partial charge on any atom is -0.393 e. The number of rotatable bonds is 12. The van der Waals surface area contributed by atoms with E-state index in [1.807, 2.05) is 35.9 Å². The van der Waals surface area contributed by atoms with Gasteiger partial charge in [0.05, 0.1) is 29.6 Å². The summed E-state index contributed by atoms with van der Waals surface area (Å²) in [6.07, 6.45) is 9.68. The van der Waals surface area contributed by atoms with E-state index >= 15 is 0 Å². The van der Waals surface area contributed by atoms with Crippen LogP contribution in [0.5, 0.6) is 0 Å². The average molecular weight is 520 g/mol. The fourth-order valence-corrected chi connectivity index (χ4v) is 5.77. The van der Waals surface area contributed by atoms with Crippen LogP contribution in [0.4, 0.5) is 0 Å². The molecular weight excluding hydrogens is 486 g/mol. The van der Waals surface area contributed by atoms with E-state index < -0.39 is 34.2 Å². The number of hydrogen-bond acceptors (Lipinski definition) is 7. The molecule has 0 radical (unpaired) electrons. The third kappa shape index (κ3) is 9.88. The monoisotopic (exact) mass is 519 g/mol. The van der Waals surface area contributed by atoms with Crippen LogP contribution >= 0.6 is 22.9 Å². The quantitative estimate of drug-likeness (QED) is 0.248. The first-order valence-corrected chi connectivity index (χ1v) is 14.2. The highest BCUT2D eigenvalue weighted by Gasteiger charge is 2.39. The Hall–Kier alpha value is -1.23. The second kappa shape index (κ2) is 13.0. The van der Waals surface area contributed by atoms with Crippen LogP contribution in [0.2, 0.25) is 5.02 Å². The summed E-state index contributed by atoms with van der Waals surface area (Å²) in [5, 5.41) is 31.8. The molecule has 1 aliphatic rings. The van der Waals surface area contributed by atoms with E-state index in [0.717, 1.165) is 21.0 Å². The van der Waals surface area contributed by atoms with Crippen LogP contribution in [0.3, 0.4) is 0 Å². The molecule has 0 aromatic carbocycles. The molecule has 4 N–H and O–H groups in total. The van der Waals surface area contributed by atoms with Crippen molar-refractivity contribution in [2.75, 3.05) is 6.26 Å². The van der Waals surface area contributed by atoms with Crippen LogP contribution in [-0.2, 0) is 21.2 Å². The summed E-state index contributed by atoms with van der Waals surface area (Å²) in [6.45, 7) is 1.96. The predicted molar refractivity (Wildman–Crippen MR) is 132 cm³/mol. The van der Waals surface area contributed by atoms with E-state index in [9.17, 15) is 28.5 Å². The molecule has 1 saturated carbocycles. The van der Waals surface area contributed by atoms with Crippen LogP contribution in [0.1, 0.15) is 48.3 Å². The van der Waals surface area contributed by atoms with Crippen LogP contribution < -0.4 is 4.72 Å². The van der Waals surface area contributed by atoms with E-state index in [-0.39, 0.29) is 18.3 Å². The third-order valence-corrected chi connectivity index (χ3v) is 7.93. The zero-order chi connectivity index (χ0) is 24.6. The number of allylic oxidation sites excluding steroid dienone is 2. The Balaban J connectivity index is 1.79. The van der Waals surface area contributed by atoms with Gasteiger partial charge in [-0.3, -0.25) is 9.52 Å². The summed E-state index contributed by atoms with van der Waals surface area (Å²) in [5.74, 6) is -0.938. The summed E-state index contributed by atoms with van der Waals surface area (Å²) in [4.78, 5) is 13.7. The average Bonchev–Trinajstić information content (AvgIpc) is 3.17. The lowest BCUT2D eigenvalue weighted by molar-refractivity contribution is -0.119. The molecule has 0 bridgehead atoms. The van der Waals surface area contributed by atoms with Crippen LogP contribution in [0.25, 0.3) is 0 Å². The van der Waals surface area contributed by atoms with Gasteiger partial charge in [0.1, 0.15) is 0 Å². The molecule has 186 valence electrons. The van der Waals surface area contributed by atoms with Crippen molar-refractivity contribution in [1.29, 1.82) is 0 Å². The number of aryl methyl sites for hydroxylation is 2. The highest BCUT2D eigenvalue weighted by atomic mass is 35.5. The molecule has 1 fully saturated rings. The summed E-state index contributed by atoms with van der Waals surface area (Å²) < 4.78 is 23.9. The zero-order valence-corrected chi connectivity index (χ0v) is 21.4. The lowest BCUT2D eigenvalue weighted by Crippen LogP contribution is -2.28. The summed E-state index contributed by atoms with van der Waals surface area (Å²) >= 11 is 7.70. The van der Waals surface area contributed by atoms with Gasteiger partial charge in [0, 0.05) is 28.5 Å². The van der Waals surface area contributed by atoms with Crippen molar-refractivity contribution in [2.24, 2.45) is 11.8 Å². The number of aliphatic hydroxyl groups excluding tert-OH is 3. The minimum absolute atomic E-state index is 0.114. The molecule has 1 amide bonds. The van der Waals surface area contributed by atoms with Gasteiger partial charge >= 0.3 is 0 Å². The van der Waals surface area contributed by atoms with E-state index in [1.165, 1.54) is 0 Å². The SMILES string of the molecule is Cc1sc(CC[C@H](O)C=C[C@@H]2[C@@H](CC=CCCCC(=O)NS(C)(=O)=O)[C@@H](O)C[C@H]2O)cc1Cl. The standard InChI is InChI=1S/C23H34ClNO6S2/c1-15-20(24)13-17(32-15)11-9-16(26)10-12-19-18(21(27)14-22(19)28)7-5-3-4-6-8-23(29)25-33(2,30)31/h3,5,10,12-13,16,18-19,21-22,26-28H,4,6-9,11,14H2,1-2H3,(H,25,29)/t16-,18+,19+,21-,22+/m0/s1. The van der Waals surface area contributed by atoms with Crippen molar-refractivity contribution in [3.63, 3.8) is 0 Å². The fraction of sp³-hybridized carbons (Fsp3) is 0.609. The molecule has 7 nitrogen and oxygen atoms in total. The molecule has 0 unspecified atom stereocenters. The normalized spacial score (nSPS) is 24.7. The summed E-state index contributed by atoms with van der Waals surface area (Å²) in [7, 11) is -3.53. The highest BCUT2D eigenvalue weighted by Crippen LogP contribution is 2.36. The first-order chi connectivity index (χ1) is 15.5. The number of halogens is 1. The maximum atomic E-state index is 11.5. The first kappa shape index (κ1) is 28.0. The molecule has 1 heterocycles. The number of hydrogen-bond donors (Lipinski definition) is 4. The lowest BCUT2D eigenvalue weighted by Gasteiger charge is -2.19. The van der Waals surface area contributed by atoms with E-state index in [2.05, 4.69) is 0 Å². The van der Waals surface area contributed by atoms with Gasteiger partial charge < -0.3 is 15.3 Å². The van der Waals surface area contributed by atoms with E-state index in [1.54, 1.807) is 17.4 Å². The Labute approximate surface area is 205 Å². The van der Waals surface area contributed by atoms with Gasteiger partial charge in [-0.25, -0.2) is 8.42 Å². The summed E-state index contributed by atoms with van der Waals surface area (Å²) in [6, 6.07) is 1.93. The molecule has 33 heavy (non-hydrogen) atoms. The Morgan fingerprint density at radius 1 is 1.33 bits per heavy atom. The Bertz CT molecular complexity index is 923. The van der Waals surface area contributed by atoms with Crippen molar-refractivity contribution >= 4 is 38.9 Å². The van der Waals surface area contributed by atoms with Crippen molar-refractivity contribution in [3.05, 3.63) is 45.1 Å². The van der Waals surface area contributed by atoms with E-state index in [4.69, 9.17) is 11.6 Å².